The average molecular weight is 443 g/mol. The molecule has 1 fully saturated rings. The highest BCUT2D eigenvalue weighted by Crippen LogP contribution is 2.34. The SMILES string of the molecule is Cc1cnc2c(N)c(C(=O)N[C@H]3COc4cc(N5CCNCC5)cc(F)c4C3)sc2n1. The van der Waals surface area contributed by atoms with Gasteiger partial charge in [-0.15, -0.1) is 11.3 Å². The lowest BCUT2D eigenvalue weighted by Crippen LogP contribution is -2.44. The molecule has 0 bridgehead atoms. The van der Waals surface area contributed by atoms with Gasteiger partial charge in [0.05, 0.1) is 17.4 Å². The first-order valence-corrected chi connectivity index (χ1v) is 11.0. The van der Waals surface area contributed by atoms with Crippen molar-refractivity contribution in [1.82, 2.24) is 20.6 Å². The first-order chi connectivity index (χ1) is 15.0. The van der Waals surface area contributed by atoms with Crippen molar-refractivity contribution in [3.8, 4) is 5.75 Å². The minimum Gasteiger partial charge on any atom is -0.491 e. The summed E-state index contributed by atoms with van der Waals surface area (Å²) in [6.45, 7) is 5.51. The number of nitrogens with zero attached hydrogens (tertiary/aromatic N) is 3. The molecular weight excluding hydrogens is 419 g/mol. The number of ether oxygens (including phenoxy) is 1. The van der Waals surface area contributed by atoms with Crippen LogP contribution < -0.4 is 26.0 Å². The normalized spacial score (nSPS) is 18.5. The van der Waals surface area contributed by atoms with E-state index >= 15 is 0 Å². The predicted octanol–water partition coefficient (Wildman–Crippen LogP) is 1.86. The number of carbonyl (C=O) groups is 1. The number of hydrogen-bond donors (Lipinski definition) is 3. The van der Waals surface area contributed by atoms with Crippen molar-refractivity contribution in [2.24, 2.45) is 0 Å². The lowest BCUT2D eigenvalue weighted by atomic mass is 10.0. The fourth-order valence-electron chi connectivity index (χ4n) is 4.01. The molecule has 0 unspecified atom stereocenters. The molecule has 4 N–H and O–H groups in total. The third-order valence-electron chi connectivity index (χ3n) is 5.61. The number of benzene rings is 1. The molecule has 4 heterocycles. The Morgan fingerprint density at radius 2 is 2.19 bits per heavy atom. The molecule has 3 aromatic rings. The first-order valence-electron chi connectivity index (χ1n) is 10.2. The van der Waals surface area contributed by atoms with Gasteiger partial charge in [-0.05, 0) is 13.0 Å². The van der Waals surface area contributed by atoms with Crippen molar-refractivity contribution >= 4 is 39.0 Å². The van der Waals surface area contributed by atoms with E-state index in [0.29, 0.717) is 38.6 Å². The van der Waals surface area contributed by atoms with Gasteiger partial charge in [-0.1, -0.05) is 0 Å². The summed E-state index contributed by atoms with van der Waals surface area (Å²) in [6, 6.07) is 3.10. The Bertz CT molecular complexity index is 1160. The van der Waals surface area contributed by atoms with Crippen molar-refractivity contribution in [3.63, 3.8) is 0 Å². The zero-order valence-corrected chi connectivity index (χ0v) is 17.9. The highest BCUT2D eigenvalue weighted by Gasteiger charge is 2.28. The van der Waals surface area contributed by atoms with Gasteiger partial charge in [0.1, 0.15) is 33.4 Å². The van der Waals surface area contributed by atoms with Crippen LogP contribution in [0.4, 0.5) is 15.8 Å². The van der Waals surface area contributed by atoms with Crippen LogP contribution in [-0.4, -0.2) is 54.7 Å². The van der Waals surface area contributed by atoms with E-state index in [-0.39, 0.29) is 24.4 Å². The molecular formula is C21H23FN6O2S. The second-order valence-electron chi connectivity index (χ2n) is 7.84. The van der Waals surface area contributed by atoms with Gasteiger partial charge in [-0.3, -0.25) is 4.79 Å². The molecule has 162 valence electrons. The molecule has 8 nitrogen and oxygen atoms in total. The topological polar surface area (TPSA) is 105 Å². The van der Waals surface area contributed by atoms with E-state index in [2.05, 4.69) is 25.5 Å². The largest absolute Gasteiger partial charge is 0.491 e. The number of nitrogens with two attached hydrogens (primary N) is 1. The number of aryl methyl sites for hydroxylation is 1. The second kappa shape index (κ2) is 7.93. The number of hydrogen-bond acceptors (Lipinski definition) is 8. The molecule has 0 radical (unpaired) electrons. The van der Waals surface area contributed by atoms with E-state index in [0.717, 1.165) is 37.6 Å². The van der Waals surface area contributed by atoms with E-state index in [1.165, 1.54) is 11.3 Å². The van der Waals surface area contributed by atoms with E-state index in [1.54, 1.807) is 12.3 Å². The molecule has 2 aromatic heterocycles. The van der Waals surface area contributed by atoms with Gasteiger partial charge >= 0.3 is 0 Å². The zero-order chi connectivity index (χ0) is 21.5. The molecule has 0 spiro atoms. The van der Waals surface area contributed by atoms with E-state index < -0.39 is 0 Å². The molecule has 1 atom stereocenters. The molecule has 10 heteroatoms. The number of halogens is 1. The number of carbonyl (C=O) groups excluding carboxylic acids is 1. The third kappa shape index (κ3) is 3.77. The Morgan fingerprint density at radius 3 is 3.00 bits per heavy atom. The summed E-state index contributed by atoms with van der Waals surface area (Å²) in [4.78, 5) is 24.6. The van der Waals surface area contributed by atoms with Crippen LogP contribution in [0.25, 0.3) is 10.3 Å². The number of thiophene rings is 1. The number of aromatic nitrogens is 2. The molecule has 2 aliphatic heterocycles. The maximum Gasteiger partial charge on any atom is 0.263 e. The fraction of sp³-hybridized carbons (Fsp3) is 0.381. The quantitative estimate of drug-likeness (QED) is 0.569. The molecule has 2 aliphatic rings. The summed E-state index contributed by atoms with van der Waals surface area (Å²) in [5.74, 6) is -0.0886. The van der Waals surface area contributed by atoms with Crippen molar-refractivity contribution in [1.29, 1.82) is 0 Å². The van der Waals surface area contributed by atoms with Gasteiger partial charge in [0.2, 0.25) is 0 Å². The van der Waals surface area contributed by atoms with Crippen LogP contribution in [0.3, 0.4) is 0 Å². The Balaban J connectivity index is 1.33. The van der Waals surface area contributed by atoms with Crippen LogP contribution in [0.15, 0.2) is 18.3 Å². The van der Waals surface area contributed by atoms with Crippen molar-refractivity contribution in [2.75, 3.05) is 43.4 Å². The highest BCUT2D eigenvalue weighted by atomic mass is 32.1. The molecule has 1 aromatic carbocycles. The number of rotatable bonds is 3. The summed E-state index contributed by atoms with van der Waals surface area (Å²) >= 11 is 1.21. The lowest BCUT2D eigenvalue weighted by molar-refractivity contribution is 0.0919. The third-order valence-corrected chi connectivity index (χ3v) is 6.70. The van der Waals surface area contributed by atoms with Gasteiger partial charge in [-0.25, -0.2) is 14.4 Å². The van der Waals surface area contributed by atoms with Crippen LogP contribution in [0.5, 0.6) is 5.75 Å². The number of anilines is 2. The second-order valence-corrected chi connectivity index (χ2v) is 8.84. The molecule has 31 heavy (non-hydrogen) atoms. The Kier molecular flexibility index (Phi) is 5.11. The van der Waals surface area contributed by atoms with Gasteiger partial charge in [0, 0.05) is 56.1 Å². The minimum atomic E-state index is -0.355. The van der Waals surface area contributed by atoms with Crippen LogP contribution in [0.1, 0.15) is 20.9 Å². The van der Waals surface area contributed by atoms with Gasteiger partial charge in [0.25, 0.3) is 5.91 Å². The zero-order valence-electron chi connectivity index (χ0n) is 17.1. The van der Waals surface area contributed by atoms with E-state index in [4.69, 9.17) is 10.5 Å². The fourth-order valence-corrected chi connectivity index (χ4v) is 5.01. The van der Waals surface area contributed by atoms with E-state index in [9.17, 15) is 9.18 Å². The number of nitrogens with one attached hydrogen (secondary N) is 2. The van der Waals surface area contributed by atoms with Crippen LogP contribution >= 0.6 is 11.3 Å². The average Bonchev–Trinajstić information content (AvgIpc) is 3.10. The molecule has 5 rings (SSSR count). The van der Waals surface area contributed by atoms with Crippen molar-refractivity contribution in [3.05, 3.63) is 40.3 Å². The maximum atomic E-state index is 14.9. The monoisotopic (exact) mass is 442 g/mol. The lowest BCUT2D eigenvalue weighted by Gasteiger charge is -2.32. The first kappa shape index (κ1) is 20.0. The summed E-state index contributed by atoms with van der Waals surface area (Å²) in [5, 5.41) is 6.21. The Morgan fingerprint density at radius 1 is 1.39 bits per heavy atom. The summed E-state index contributed by atoms with van der Waals surface area (Å²) in [7, 11) is 0. The predicted molar refractivity (Wildman–Crippen MR) is 119 cm³/mol. The number of amides is 1. The summed E-state index contributed by atoms with van der Waals surface area (Å²) in [5.41, 5.74) is 9.04. The minimum absolute atomic E-state index is 0.267. The standard InChI is InChI=1S/C21H23FN6O2S/c1-11-9-25-18-17(23)19(31-21(18)26-11)20(29)27-12-6-14-15(22)7-13(8-16(14)30-10-12)28-4-2-24-3-5-28/h7-9,12,24H,2-6,10,23H2,1H3,(H,27,29)/t12-/m1/s1. The number of fused-ring (bicyclic) bond motifs is 2. The summed E-state index contributed by atoms with van der Waals surface area (Å²) < 4.78 is 20.7. The van der Waals surface area contributed by atoms with Crippen LogP contribution in [0.2, 0.25) is 0 Å². The van der Waals surface area contributed by atoms with Crippen molar-refractivity contribution < 1.29 is 13.9 Å². The highest BCUT2D eigenvalue weighted by molar-refractivity contribution is 7.21. The molecule has 1 saturated heterocycles. The Labute approximate surface area is 182 Å². The van der Waals surface area contributed by atoms with Crippen molar-refractivity contribution in [2.45, 2.75) is 19.4 Å². The van der Waals surface area contributed by atoms with Crippen LogP contribution in [0, 0.1) is 12.7 Å². The number of nitrogen functional groups attached to an aromatic ring is 1. The van der Waals surface area contributed by atoms with Gasteiger partial charge < -0.3 is 26.0 Å². The molecule has 1 amide bonds. The molecule has 0 aliphatic carbocycles. The molecule has 0 saturated carbocycles. The van der Waals surface area contributed by atoms with Crippen LogP contribution in [-0.2, 0) is 6.42 Å². The maximum absolute atomic E-state index is 14.9. The van der Waals surface area contributed by atoms with Gasteiger partial charge in [0.15, 0.2) is 0 Å². The number of piperazine rings is 1. The van der Waals surface area contributed by atoms with E-state index in [1.807, 2.05) is 13.0 Å². The summed E-state index contributed by atoms with van der Waals surface area (Å²) in [6.07, 6.45) is 1.98. The smallest absolute Gasteiger partial charge is 0.263 e. The van der Waals surface area contributed by atoms with Gasteiger partial charge in [-0.2, -0.15) is 0 Å². The Hall–Kier alpha value is -2.98.